The van der Waals surface area contributed by atoms with Crippen molar-refractivity contribution in [2.45, 2.75) is 57.5 Å². The number of hydrogen-bond donors (Lipinski definition) is 0. The average molecular weight is 395 g/mol. The average Bonchev–Trinajstić information content (AvgIpc) is 3.24. The first-order valence-electron chi connectivity index (χ1n) is 10.6. The van der Waals surface area contributed by atoms with Crippen molar-refractivity contribution < 1.29 is 9.18 Å². The van der Waals surface area contributed by atoms with Crippen molar-refractivity contribution in [2.24, 2.45) is 0 Å². The van der Waals surface area contributed by atoms with E-state index in [0.29, 0.717) is 5.92 Å². The maximum atomic E-state index is 13.6. The predicted octanol–water partition coefficient (Wildman–Crippen LogP) is 3.50. The van der Waals surface area contributed by atoms with E-state index in [4.69, 9.17) is 0 Å². The molecule has 1 fully saturated rings. The molecule has 5 rings (SSSR count). The highest BCUT2D eigenvalue weighted by Gasteiger charge is 2.28. The summed E-state index contributed by atoms with van der Waals surface area (Å²) in [5, 5.41) is 9.89. The Kier molecular flexibility index (Phi) is 4.81. The lowest BCUT2D eigenvalue weighted by atomic mass is 9.95. The number of piperidine rings is 1. The third-order valence-corrected chi connectivity index (χ3v) is 6.39. The smallest absolute Gasteiger partial charge is 0.242 e. The van der Waals surface area contributed by atoms with E-state index in [9.17, 15) is 9.18 Å². The lowest BCUT2D eigenvalue weighted by Crippen LogP contribution is -2.40. The van der Waals surface area contributed by atoms with E-state index in [1.807, 2.05) is 21.7 Å². The number of likely N-dealkylation sites (tertiary alicyclic amines) is 1. The zero-order chi connectivity index (χ0) is 19.8. The highest BCUT2D eigenvalue weighted by molar-refractivity contribution is 5.83. The second-order valence-electron chi connectivity index (χ2n) is 8.24. The standard InChI is InChI=1S/C22H26FN5O/c23-18-6-5-16-7-13-27(19(16)14-18)15-21(29)26-11-8-17(9-12-26)22-25-24-20-4-2-1-3-10-28(20)22/h5-7,13-14,17H,1-4,8-12,15H2. The Morgan fingerprint density at radius 1 is 1.07 bits per heavy atom. The summed E-state index contributed by atoms with van der Waals surface area (Å²) in [5.74, 6) is 2.42. The fourth-order valence-corrected chi connectivity index (χ4v) is 4.74. The summed E-state index contributed by atoms with van der Waals surface area (Å²) in [5.41, 5.74) is 0.763. The molecule has 7 heteroatoms. The third-order valence-electron chi connectivity index (χ3n) is 6.39. The van der Waals surface area contributed by atoms with E-state index in [1.165, 1.54) is 31.4 Å². The predicted molar refractivity (Wildman–Crippen MR) is 108 cm³/mol. The number of hydrogen-bond acceptors (Lipinski definition) is 3. The van der Waals surface area contributed by atoms with Crippen LogP contribution >= 0.6 is 0 Å². The first kappa shape index (κ1) is 18.3. The van der Waals surface area contributed by atoms with Crippen LogP contribution in [0.25, 0.3) is 10.9 Å². The minimum absolute atomic E-state index is 0.0882. The minimum atomic E-state index is -0.279. The van der Waals surface area contributed by atoms with Gasteiger partial charge in [-0.3, -0.25) is 4.79 Å². The number of amides is 1. The summed E-state index contributed by atoms with van der Waals surface area (Å²) in [6.45, 7) is 2.74. The van der Waals surface area contributed by atoms with Crippen LogP contribution in [0.3, 0.4) is 0 Å². The van der Waals surface area contributed by atoms with Gasteiger partial charge in [-0.2, -0.15) is 0 Å². The summed E-state index contributed by atoms with van der Waals surface area (Å²) < 4.78 is 17.8. The van der Waals surface area contributed by atoms with Crippen molar-refractivity contribution in [3.63, 3.8) is 0 Å². The molecular formula is C22H26FN5O. The van der Waals surface area contributed by atoms with E-state index in [-0.39, 0.29) is 18.3 Å². The van der Waals surface area contributed by atoms with Gasteiger partial charge in [0.1, 0.15) is 24.0 Å². The maximum absolute atomic E-state index is 13.6. The van der Waals surface area contributed by atoms with Crippen molar-refractivity contribution in [3.8, 4) is 0 Å². The number of benzene rings is 1. The Morgan fingerprint density at radius 3 is 2.79 bits per heavy atom. The van der Waals surface area contributed by atoms with E-state index < -0.39 is 0 Å². The molecule has 3 aromatic rings. The van der Waals surface area contributed by atoms with E-state index in [2.05, 4.69) is 14.8 Å². The number of aryl methyl sites for hydroxylation is 1. The molecule has 0 bridgehead atoms. The SMILES string of the molecule is O=C(Cn1ccc2ccc(F)cc21)N1CCC(c2nnc3n2CCCCC3)CC1. The molecule has 1 aromatic carbocycles. The van der Waals surface area contributed by atoms with Crippen molar-refractivity contribution in [3.05, 3.63) is 47.9 Å². The molecule has 0 N–H and O–H groups in total. The quantitative estimate of drug-likeness (QED) is 0.682. The summed E-state index contributed by atoms with van der Waals surface area (Å²) in [6, 6.07) is 6.61. The number of halogens is 1. The highest BCUT2D eigenvalue weighted by Crippen LogP contribution is 2.29. The second-order valence-corrected chi connectivity index (χ2v) is 8.24. The van der Waals surface area contributed by atoms with Crippen LogP contribution in [0.1, 0.15) is 49.7 Å². The molecule has 0 unspecified atom stereocenters. The fraction of sp³-hybridized carbons (Fsp3) is 0.500. The van der Waals surface area contributed by atoms with Crippen LogP contribution in [0.5, 0.6) is 0 Å². The van der Waals surface area contributed by atoms with Crippen LogP contribution < -0.4 is 0 Å². The summed E-state index contributed by atoms with van der Waals surface area (Å²) in [7, 11) is 0. The number of carbonyl (C=O) groups excluding carboxylic acids is 1. The van der Waals surface area contributed by atoms with Gasteiger partial charge < -0.3 is 14.0 Å². The Labute approximate surface area is 169 Å². The van der Waals surface area contributed by atoms with Gasteiger partial charge in [0.2, 0.25) is 5.91 Å². The molecule has 0 radical (unpaired) electrons. The molecule has 4 heterocycles. The van der Waals surface area contributed by atoms with Crippen molar-refractivity contribution in [1.29, 1.82) is 0 Å². The molecule has 2 aliphatic rings. The molecule has 152 valence electrons. The Hall–Kier alpha value is -2.70. The molecule has 6 nitrogen and oxygen atoms in total. The summed E-state index contributed by atoms with van der Waals surface area (Å²) >= 11 is 0. The number of rotatable bonds is 3. The van der Waals surface area contributed by atoms with Crippen LogP contribution in [-0.4, -0.2) is 43.2 Å². The topological polar surface area (TPSA) is 56.0 Å². The molecule has 0 spiro atoms. The number of fused-ring (bicyclic) bond motifs is 2. The van der Waals surface area contributed by atoms with E-state index in [0.717, 1.165) is 61.4 Å². The zero-order valence-electron chi connectivity index (χ0n) is 16.6. The van der Waals surface area contributed by atoms with Gasteiger partial charge in [-0.15, -0.1) is 10.2 Å². The lowest BCUT2D eigenvalue weighted by Gasteiger charge is -2.32. The Balaban J connectivity index is 1.24. The van der Waals surface area contributed by atoms with Crippen molar-refractivity contribution >= 4 is 16.8 Å². The van der Waals surface area contributed by atoms with Gasteiger partial charge in [-0.05, 0) is 55.3 Å². The summed E-state index contributed by atoms with van der Waals surface area (Å²) in [4.78, 5) is 14.8. The van der Waals surface area contributed by atoms with Crippen molar-refractivity contribution in [2.75, 3.05) is 13.1 Å². The molecule has 1 saturated heterocycles. The van der Waals surface area contributed by atoms with Gasteiger partial charge in [0.05, 0.1) is 5.52 Å². The van der Waals surface area contributed by atoms with E-state index >= 15 is 0 Å². The molecule has 0 atom stereocenters. The van der Waals surface area contributed by atoms with Crippen LogP contribution in [0.15, 0.2) is 30.5 Å². The maximum Gasteiger partial charge on any atom is 0.242 e. The third kappa shape index (κ3) is 3.54. The summed E-state index contributed by atoms with van der Waals surface area (Å²) in [6.07, 6.45) is 8.38. The highest BCUT2D eigenvalue weighted by atomic mass is 19.1. The first-order valence-corrected chi connectivity index (χ1v) is 10.6. The van der Waals surface area contributed by atoms with Gasteiger partial charge in [0, 0.05) is 38.2 Å². The molecule has 2 aliphatic heterocycles. The van der Waals surface area contributed by atoms with Crippen LogP contribution in [0, 0.1) is 5.82 Å². The normalized spacial score (nSPS) is 18.0. The molecule has 0 saturated carbocycles. The van der Waals surface area contributed by atoms with E-state index in [1.54, 1.807) is 6.07 Å². The zero-order valence-corrected chi connectivity index (χ0v) is 16.6. The minimum Gasteiger partial charge on any atom is -0.341 e. The van der Waals surface area contributed by atoms with Crippen LogP contribution in [0.4, 0.5) is 4.39 Å². The largest absolute Gasteiger partial charge is 0.341 e. The molecule has 29 heavy (non-hydrogen) atoms. The fourth-order valence-electron chi connectivity index (χ4n) is 4.74. The number of carbonyl (C=O) groups is 1. The van der Waals surface area contributed by atoms with Gasteiger partial charge in [-0.25, -0.2) is 4.39 Å². The Bertz CT molecular complexity index is 1030. The number of nitrogens with zero attached hydrogens (tertiary/aromatic N) is 5. The van der Waals surface area contributed by atoms with Crippen molar-refractivity contribution in [1.82, 2.24) is 24.2 Å². The second kappa shape index (κ2) is 7.61. The first-order chi connectivity index (χ1) is 14.2. The molecule has 2 aromatic heterocycles. The Morgan fingerprint density at radius 2 is 1.93 bits per heavy atom. The van der Waals surface area contributed by atoms with Crippen LogP contribution in [0.2, 0.25) is 0 Å². The monoisotopic (exact) mass is 395 g/mol. The molecule has 0 aliphatic carbocycles. The molecular weight excluding hydrogens is 369 g/mol. The van der Waals surface area contributed by atoms with Gasteiger partial charge >= 0.3 is 0 Å². The van der Waals surface area contributed by atoms with Gasteiger partial charge in [0.25, 0.3) is 0 Å². The lowest BCUT2D eigenvalue weighted by molar-refractivity contribution is -0.132. The number of aromatic nitrogens is 4. The molecule has 1 amide bonds. The van der Waals surface area contributed by atoms with Gasteiger partial charge in [0.15, 0.2) is 0 Å². The van der Waals surface area contributed by atoms with Gasteiger partial charge in [-0.1, -0.05) is 6.42 Å². The van der Waals surface area contributed by atoms with Crippen LogP contribution in [-0.2, 0) is 24.3 Å².